The van der Waals surface area contributed by atoms with Crippen molar-refractivity contribution in [3.8, 4) is 55.6 Å². The molecule has 0 atom stereocenters. The molecule has 2 heteroatoms. The molecule has 3 aliphatic carbocycles. The van der Waals surface area contributed by atoms with Crippen molar-refractivity contribution in [2.75, 3.05) is 4.90 Å². The van der Waals surface area contributed by atoms with E-state index in [4.69, 9.17) is 4.42 Å². The molecule has 0 aliphatic heterocycles. The Morgan fingerprint density at radius 2 is 0.879 bits per heavy atom. The van der Waals surface area contributed by atoms with Gasteiger partial charge in [0.25, 0.3) is 0 Å². The molecule has 0 saturated heterocycles. The Morgan fingerprint density at radius 3 is 1.65 bits per heavy atom. The van der Waals surface area contributed by atoms with Crippen LogP contribution in [-0.2, 0) is 10.8 Å². The molecule has 1 spiro atoms. The molecule has 0 fully saturated rings. The third kappa shape index (κ3) is 4.91. The molecule has 0 unspecified atom stereocenters. The van der Waals surface area contributed by atoms with Crippen LogP contribution in [0.3, 0.4) is 0 Å². The lowest BCUT2D eigenvalue weighted by Gasteiger charge is -2.33. The van der Waals surface area contributed by atoms with E-state index in [0.29, 0.717) is 0 Å². The van der Waals surface area contributed by atoms with Gasteiger partial charge in [0.05, 0.1) is 16.8 Å². The molecule has 1 aromatic heterocycles. The number of furan rings is 1. The third-order valence-electron chi connectivity index (χ3n) is 15.1. The maximum atomic E-state index is 6.52. The Balaban J connectivity index is 1.05. The van der Waals surface area contributed by atoms with Crippen molar-refractivity contribution in [1.29, 1.82) is 0 Å². The molecule has 0 amide bonds. The Labute approximate surface area is 384 Å². The molecule has 310 valence electrons. The minimum Gasteiger partial charge on any atom is -0.456 e. The summed E-state index contributed by atoms with van der Waals surface area (Å²) in [5, 5.41) is 2.24. The van der Waals surface area contributed by atoms with E-state index in [1.54, 1.807) is 0 Å². The van der Waals surface area contributed by atoms with Crippen LogP contribution in [-0.4, -0.2) is 0 Å². The summed E-state index contributed by atoms with van der Waals surface area (Å²) in [5.74, 6) is 0. The Hall–Kier alpha value is -8.20. The molecule has 1 heterocycles. The zero-order chi connectivity index (χ0) is 43.7. The topological polar surface area (TPSA) is 16.4 Å². The molecule has 0 N–H and O–H groups in total. The van der Waals surface area contributed by atoms with Gasteiger partial charge in [0.15, 0.2) is 0 Å². The highest BCUT2D eigenvalue weighted by molar-refractivity contribution is 6.14. The van der Waals surface area contributed by atoms with Crippen LogP contribution >= 0.6 is 0 Å². The second kappa shape index (κ2) is 13.7. The first kappa shape index (κ1) is 37.2. The van der Waals surface area contributed by atoms with Gasteiger partial charge in [0, 0.05) is 33.0 Å². The van der Waals surface area contributed by atoms with Crippen molar-refractivity contribution in [1.82, 2.24) is 0 Å². The molecule has 11 aromatic rings. The predicted octanol–water partition coefficient (Wildman–Crippen LogP) is 17.0. The molecule has 0 saturated carbocycles. The lowest BCUT2D eigenvalue weighted by Crippen LogP contribution is -2.26. The Morgan fingerprint density at radius 1 is 0.348 bits per heavy atom. The van der Waals surface area contributed by atoms with Crippen LogP contribution < -0.4 is 4.90 Å². The number of fused-ring (bicyclic) bond motifs is 16. The maximum absolute atomic E-state index is 6.52. The number of hydrogen-bond acceptors (Lipinski definition) is 2. The fourth-order valence-electron chi connectivity index (χ4n) is 12.3. The largest absolute Gasteiger partial charge is 0.456 e. The first-order chi connectivity index (χ1) is 32.5. The van der Waals surface area contributed by atoms with Crippen LogP contribution in [0.2, 0.25) is 0 Å². The highest BCUT2D eigenvalue weighted by Gasteiger charge is 2.52. The zero-order valence-corrected chi connectivity index (χ0v) is 36.7. The van der Waals surface area contributed by atoms with Crippen LogP contribution in [0.1, 0.15) is 47.2 Å². The summed E-state index contributed by atoms with van der Waals surface area (Å²) in [4.78, 5) is 2.56. The predicted molar refractivity (Wildman–Crippen MR) is 273 cm³/mol. The summed E-state index contributed by atoms with van der Waals surface area (Å²) in [6, 6.07) is 83.3. The number of benzene rings is 10. The smallest absolute Gasteiger partial charge is 0.136 e. The summed E-state index contributed by atoms with van der Waals surface area (Å²) >= 11 is 0. The van der Waals surface area contributed by atoms with Gasteiger partial charge in [-0.1, -0.05) is 196 Å². The van der Waals surface area contributed by atoms with Gasteiger partial charge in [-0.25, -0.2) is 0 Å². The average molecular weight is 842 g/mol. The van der Waals surface area contributed by atoms with Gasteiger partial charge < -0.3 is 9.32 Å². The van der Waals surface area contributed by atoms with Crippen molar-refractivity contribution < 1.29 is 4.42 Å². The van der Waals surface area contributed by atoms with Crippen LogP contribution in [0, 0.1) is 0 Å². The molecule has 0 bridgehead atoms. The molecule has 3 aliphatic rings. The lowest BCUT2D eigenvalue weighted by atomic mass is 9.70. The minimum absolute atomic E-state index is 0.246. The van der Waals surface area contributed by atoms with E-state index < -0.39 is 5.41 Å². The average Bonchev–Trinajstić information content (AvgIpc) is 4.07. The van der Waals surface area contributed by atoms with E-state index in [0.717, 1.165) is 50.1 Å². The van der Waals surface area contributed by atoms with Gasteiger partial charge in [-0.15, -0.1) is 0 Å². The van der Waals surface area contributed by atoms with E-state index >= 15 is 0 Å². The minimum atomic E-state index is -0.473. The van der Waals surface area contributed by atoms with Crippen molar-refractivity contribution in [2.24, 2.45) is 0 Å². The van der Waals surface area contributed by atoms with Crippen molar-refractivity contribution in [2.45, 2.75) is 24.7 Å². The Bertz CT molecular complexity index is 3770. The van der Waals surface area contributed by atoms with Crippen LogP contribution in [0.5, 0.6) is 0 Å². The highest BCUT2D eigenvalue weighted by Crippen LogP contribution is 2.65. The summed E-state index contributed by atoms with van der Waals surface area (Å²) < 4.78 is 6.52. The molecule has 2 nitrogen and oxygen atoms in total. The lowest BCUT2D eigenvalue weighted by molar-refractivity contribution is 0.660. The number of hydrogen-bond donors (Lipinski definition) is 0. The number of para-hydroxylation sites is 2. The zero-order valence-electron chi connectivity index (χ0n) is 36.7. The van der Waals surface area contributed by atoms with Crippen LogP contribution in [0.15, 0.2) is 229 Å². The maximum Gasteiger partial charge on any atom is 0.136 e. The SMILES string of the molecule is CC1(C)c2cc(-c3ccccc3)ccc2-c2ccc(N(c3ccccc3-c3cccc4oc5ccccc5c34)c3cccc4c3-c3ccccc3C43c4ccccc4-c4ccccc43)cc21. The first-order valence-electron chi connectivity index (χ1n) is 23.1. The van der Waals surface area contributed by atoms with Gasteiger partial charge in [-0.2, -0.15) is 0 Å². The summed E-state index contributed by atoms with van der Waals surface area (Å²) in [7, 11) is 0. The van der Waals surface area contributed by atoms with E-state index in [2.05, 4.69) is 243 Å². The molecule has 14 rings (SSSR count). The van der Waals surface area contributed by atoms with Gasteiger partial charge in [0.1, 0.15) is 11.2 Å². The van der Waals surface area contributed by atoms with Crippen LogP contribution in [0.25, 0.3) is 77.6 Å². The van der Waals surface area contributed by atoms with E-state index in [1.807, 2.05) is 0 Å². The molecular weight excluding hydrogens is 799 g/mol. The first-order valence-corrected chi connectivity index (χ1v) is 23.1. The number of nitrogens with zero attached hydrogens (tertiary/aromatic N) is 1. The molecular formula is C64H43NO. The third-order valence-corrected chi connectivity index (χ3v) is 15.1. The van der Waals surface area contributed by atoms with Gasteiger partial charge in [-0.3, -0.25) is 0 Å². The summed E-state index contributed by atoms with van der Waals surface area (Å²) in [5.41, 5.74) is 24.9. The summed E-state index contributed by atoms with van der Waals surface area (Å²) in [6.45, 7) is 4.79. The van der Waals surface area contributed by atoms with E-state index in [9.17, 15) is 0 Å². The second-order valence-electron chi connectivity index (χ2n) is 18.7. The van der Waals surface area contributed by atoms with E-state index in [1.165, 1.54) is 77.9 Å². The summed E-state index contributed by atoms with van der Waals surface area (Å²) in [6.07, 6.45) is 0. The number of anilines is 3. The van der Waals surface area contributed by atoms with Crippen molar-refractivity contribution in [3.63, 3.8) is 0 Å². The monoisotopic (exact) mass is 841 g/mol. The van der Waals surface area contributed by atoms with E-state index in [-0.39, 0.29) is 5.41 Å². The van der Waals surface area contributed by atoms with Gasteiger partial charge in [0.2, 0.25) is 0 Å². The van der Waals surface area contributed by atoms with Crippen LogP contribution in [0.4, 0.5) is 17.1 Å². The number of rotatable bonds is 5. The van der Waals surface area contributed by atoms with Crippen molar-refractivity contribution >= 4 is 39.0 Å². The molecule has 10 aromatic carbocycles. The molecule has 66 heavy (non-hydrogen) atoms. The standard InChI is InChI=1S/C64H43NO/c1-63(2)55-38-41(40-18-4-3-5-19-40)34-36-45(55)46-37-35-42(39-56(46)63)65(57-30-14-9-22-47(57)48-25-16-33-60-61(48)50-24-10-15-32-59(50)66-60)58-31-17-29-54-62(58)49-23-8-13-28-53(49)64(54)51-26-11-6-20-43(51)44-21-7-12-27-52(44)64/h3-39H,1-2H3. The van der Waals surface area contributed by atoms with Crippen molar-refractivity contribution in [3.05, 3.63) is 258 Å². The molecule has 0 radical (unpaired) electrons. The fourth-order valence-corrected chi connectivity index (χ4v) is 12.3. The normalized spacial score (nSPS) is 14.2. The Kier molecular flexibility index (Phi) is 7.70. The second-order valence-corrected chi connectivity index (χ2v) is 18.7. The van der Waals surface area contributed by atoms with Gasteiger partial charge >= 0.3 is 0 Å². The quantitative estimate of drug-likeness (QED) is 0.172. The van der Waals surface area contributed by atoms with Gasteiger partial charge in [-0.05, 0) is 120 Å². The fraction of sp³-hybridized carbons (Fsp3) is 0.0625. The highest BCUT2D eigenvalue weighted by atomic mass is 16.3.